The number of benzene rings is 1. The number of esters is 1. The van der Waals surface area contributed by atoms with Crippen molar-refractivity contribution in [3.05, 3.63) is 39.9 Å². The van der Waals surface area contributed by atoms with Crippen LogP contribution in [0.25, 0.3) is 6.08 Å². The topological polar surface area (TPSA) is 69.4 Å². The number of halogens is 2. The Hall–Kier alpha value is -1.52. The van der Waals surface area contributed by atoms with Gasteiger partial charge >= 0.3 is 5.97 Å². The molecule has 0 saturated carbocycles. The number of hydrogen-bond acceptors (Lipinski definition) is 3. The maximum absolute atomic E-state index is 11.4. The SMILES string of the molecule is C[C@H](OC(=O)/C=C/c1c(Cl)cccc1Cl)C(N)=O. The van der Waals surface area contributed by atoms with Crippen LogP contribution in [0.2, 0.25) is 10.0 Å². The highest BCUT2D eigenvalue weighted by Crippen LogP contribution is 2.25. The molecule has 96 valence electrons. The molecule has 0 bridgehead atoms. The van der Waals surface area contributed by atoms with Crippen LogP contribution in [0.1, 0.15) is 12.5 Å². The van der Waals surface area contributed by atoms with Crippen LogP contribution < -0.4 is 5.73 Å². The minimum atomic E-state index is -0.983. The summed E-state index contributed by atoms with van der Waals surface area (Å²) < 4.78 is 4.73. The van der Waals surface area contributed by atoms with Crippen molar-refractivity contribution in [3.8, 4) is 0 Å². The van der Waals surface area contributed by atoms with E-state index in [1.165, 1.54) is 13.0 Å². The highest BCUT2D eigenvalue weighted by Gasteiger charge is 2.12. The molecule has 0 heterocycles. The molecule has 18 heavy (non-hydrogen) atoms. The fraction of sp³-hybridized carbons (Fsp3) is 0.167. The van der Waals surface area contributed by atoms with Gasteiger partial charge in [-0.2, -0.15) is 0 Å². The molecule has 0 fully saturated rings. The highest BCUT2D eigenvalue weighted by molar-refractivity contribution is 6.37. The van der Waals surface area contributed by atoms with E-state index >= 15 is 0 Å². The number of ether oxygens (including phenoxy) is 1. The van der Waals surface area contributed by atoms with Gasteiger partial charge < -0.3 is 10.5 Å². The molecule has 0 aliphatic heterocycles. The van der Waals surface area contributed by atoms with Crippen molar-refractivity contribution in [2.75, 3.05) is 0 Å². The van der Waals surface area contributed by atoms with Crippen LogP contribution in [0.15, 0.2) is 24.3 Å². The second-order valence-corrected chi connectivity index (χ2v) is 4.26. The quantitative estimate of drug-likeness (QED) is 0.683. The van der Waals surface area contributed by atoms with Crippen LogP contribution in [0, 0.1) is 0 Å². The summed E-state index contributed by atoms with van der Waals surface area (Å²) in [5.74, 6) is -1.41. The summed E-state index contributed by atoms with van der Waals surface area (Å²) in [6.07, 6.45) is 1.57. The van der Waals surface area contributed by atoms with E-state index in [1.807, 2.05) is 0 Å². The Balaban J connectivity index is 2.75. The molecule has 0 aliphatic carbocycles. The highest BCUT2D eigenvalue weighted by atomic mass is 35.5. The van der Waals surface area contributed by atoms with Crippen molar-refractivity contribution in [1.29, 1.82) is 0 Å². The van der Waals surface area contributed by atoms with E-state index in [-0.39, 0.29) is 0 Å². The molecule has 0 aliphatic rings. The first-order chi connectivity index (χ1) is 8.41. The minimum absolute atomic E-state index is 0.412. The number of rotatable bonds is 4. The van der Waals surface area contributed by atoms with Crippen LogP contribution in [0.3, 0.4) is 0 Å². The predicted octanol–water partition coefficient (Wildman–Crippen LogP) is 2.42. The smallest absolute Gasteiger partial charge is 0.331 e. The van der Waals surface area contributed by atoms with Gasteiger partial charge in [-0.3, -0.25) is 4.79 Å². The van der Waals surface area contributed by atoms with Crippen molar-refractivity contribution in [1.82, 2.24) is 0 Å². The molecule has 0 aromatic heterocycles. The van der Waals surface area contributed by atoms with Crippen LogP contribution >= 0.6 is 23.2 Å². The lowest BCUT2D eigenvalue weighted by molar-refractivity contribution is -0.148. The lowest BCUT2D eigenvalue weighted by Crippen LogP contribution is -2.29. The molecular weight excluding hydrogens is 277 g/mol. The van der Waals surface area contributed by atoms with Gasteiger partial charge in [-0.15, -0.1) is 0 Å². The molecule has 2 N–H and O–H groups in total. The molecule has 4 nitrogen and oxygen atoms in total. The van der Waals surface area contributed by atoms with E-state index in [2.05, 4.69) is 0 Å². The van der Waals surface area contributed by atoms with Gasteiger partial charge in [0, 0.05) is 21.7 Å². The maximum atomic E-state index is 11.4. The first-order valence-corrected chi connectivity index (χ1v) is 5.79. The van der Waals surface area contributed by atoms with E-state index in [0.29, 0.717) is 15.6 Å². The second-order valence-electron chi connectivity index (χ2n) is 3.45. The Labute approximate surface area is 114 Å². The molecule has 0 spiro atoms. The summed E-state index contributed by atoms with van der Waals surface area (Å²) in [5.41, 5.74) is 5.46. The summed E-state index contributed by atoms with van der Waals surface area (Å²) in [6, 6.07) is 4.98. The van der Waals surface area contributed by atoms with Crippen molar-refractivity contribution in [2.45, 2.75) is 13.0 Å². The van der Waals surface area contributed by atoms with Crippen molar-refractivity contribution >= 4 is 41.2 Å². The fourth-order valence-electron chi connectivity index (χ4n) is 1.09. The first kappa shape index (κ1) is 14.5. The van der Waals surface area contributed by atoms with Gasteiger partial charge in [0.25, 0.3) is 5.91 Å². The monoisotopic (exact) mass is 287 g/mol. The van der Waals surface area contributed by atoms with Crippen LogP contribution in [-0.2, 0) is 14.3 Å². The third kappa shape index (κ3) is 4.05. The standard InChI is InChI=1S/C12H11Cl2NO3/c1-7(12(15)17)18-11(16)6-5-8-9(13)3-2-4-10(8)14/h2-7H,1H3,(H2,15,17)/b6-5+/t7-/m0/s1. The Kier molecular flexibility index (Phi) is 5.19. The number of primary amides is 1. The van der Waals surface area contributed by atoms with Crippen LogP contribution in [0.4, 0.5) is 0 Å². The Bertz CT molecular complexity index is 480. The number of amides is 1. The van der Waals surface area contributed by atoms with Gasteiger partial charge in [-0.1, -0.05) is 29.3 Å². The zero-order valence-electron chi connectivity index (χ0n) is 9.52. The van der Waals surface area contributed by atoms with Crippen LogP contribution in [-0.4, -0.2) is 18.0 Å². The Morgan fingerprint density at radius 1 is 1.33 bits per heavy atom. The Morgan fingerprint density at radius 2 is 1.89 bits per heavy atom. The average molecular weight is 288 g/mol. The lowest BCUT2D eigenvalue weighted by atomic mass is 10.2. The largest absolute Gasteiger partial charge is 0.449 e. The van der Waals surface area contributed by atoms with Gasteiger partial charge in [0.15, 0.2) is 6.10 Å². The molecule has 0 saturated heterocycles. The van der Waals surface area contributed by atoms with Gasteiger partial charge in [0.2, 0.25) is 0 Å². The Morgan fingerprint density at radius 3 is 2.39 bits per heavy atom. The molecular formula is C12H11Cl2NO3. The average Bonchev–Trinajstić information content (AvgIpc) is 2.28. The number of carbonyl (C=O) groups excluding carboxylic acids is 2. The zero-order valence-corrected chi connectivity index (χ0v) is 11.0. The first-order valence-electron chi connectivity index (χ1n) is 5.04. The van der Waals surface area contributed by atoms with Gasteiger partial charge in [0.1, 0.15) is 0 Å². The van der Waals surface area contributed by atoms with E-state index in [9.17, 15) is 9.59 Å². The van der Waals surface area contributed by atoms with E-state index in [4.69, 9.17) is 33.7 Å². The van der Waals surface area contributed by atoms with Crippen LogP contribution in [0.5, 0.6) is 0 Å². The second kappa shape index (κ2) is 6.42. The molecule has 0 radical (unpaired) electrons. The number of carbonyl (C=O) groups is 2. The number of hydrogen-bond donors (Lipinski definition) is 1. The lowest BCUT2D eigenvalue weighted by Gasteiger charge is -2.06. The summed E-state index contributed by atoms with van der Waals surface area (Å²) in [7, 11) is 0. The fourth-order valence-corrected chi connectivity index (χ4v) is 1.62. The summed E-state index contributed by atoms with van der Waals surface area (Å²) in [4.78, 5) is 22.0. The maximum Gasteiger partial charge on any atom is 0.331 e. The summed E-state index contributed by atoms with van der Waals surface area (Å²) in [6.45, 7) is 1.39. The number of nitrogens with two attached hydrogens (primary N) is 1. The summed E-state index contributed by atoms with van der Waals surface area (Å²) >= 11 is 11.8. The molecule has 1 rings (SSSR count). The van der Waals surface area contributed by atoms with Gasteiger partial charge in [-0.05, 0) is 25.1 Å². The van der Waals surface area contributed by atoms with Crippen molar-refractivity contribution < 1.29 is 14.3 Å². The molecule has 1 aromatic rings. The van der Waals surface area contributed by atoms with Gasteiger partial charge in [0.05, 0.1) is 0 Å². The third-order valence-electron chi connectivity index (χ3n) is 2.08. The summed E-state index contributed by atoms with van der Waals surface area (Å²) in [5, 5.41) is 0.823. The van der Waals surface area contributed by atoms with Crippen molar-refractivity contribution in [2.24, 2.45) is 5.73 Å². The normalized spacial score (nSPS) is 12.4. The predicted molar refractivity (Wildman–Crippen MR) is 70.2 cm³/mol. The molecule has 1 atom stereocenters. The molecule has 1 amide bonds. The molecule has 1 aromatic carbocycles. The van der Waals surface area contributed by atoms with E-state index in [0.717, 1.165) is 6.08 Å². The van der Waals surface area contributed by atoms with E-state index < -0.39 is 18.0 Å². The van der Waals surface area contributed by atoms with Crippen molar-refractivity contribution in [3.63, 3.8) is 0 Å². The molecule has 0 unspecified atom stereocenters. The minimum Gasteiger partial charge on any atom is -0.449 e. The third-order valence-corrected chi connectivity index (χ3v) is 2.74. The van der Waals surface area contributed by atoms with E-state index in [1.54, 1.807) is 18.2 Å². The van der Waals surface area contributed by atoms with Gasteiger partial charge in [-0.25, -0.2) is 4.79 Å². The molecule has 6 heteroatoms. The zero-order chi connectivity index (χ0) is 13.7.